The highest BCUT2D eigenvalue weighted by molar-refractivity contribution is 5.27. The van der Waals surface area contributed by atoms with Crippen molar-refractivity contribution in [3.63, 3.8) is 0 Å². The molecule has 21 heavy (non-hydrogen) atoms. The average molecular weight is 289 g/mol. The van der Waals surface area contributed by atoms with Crippen LogP contribution in [0.25, 0.3) is 0 Å². The van der Waals surface area contributed by atoms with Crippen LogP contribution in [0.2, 0.25) is 0 Å². The van der Waals surface area contributed by atoms with Gasteiger partial charge in [-0.3, -0.25) is 0 Å². The Morgan fingerprint density at radius 1 is 1.33 bits per heavy atom. The van der Waals surface area contributed by atoms with Gasteiger partial charge in [-0.15, -0.1) is 5.10 Å². The van der Waals surface area contributed by atoms with Gasteiger partial charge in [-0.05, 0) is 37.5 Å². The molecular weight excluding hydrogens is 266 g/mol. The fourth-order valence-electron chi connectivity index (χ4n) is 2.24. The predicted octanol–water partition coefficient (Wildman–Crippen LogP) is 2.50. The van der Waals surface area contributed by atoms with Crippen LogP contribution in [-0.2, 0) is 19.6 Å². The number of aliphatic hydroxyl groups excluding tert-OH is 1. The summed E-state index contributed by atoms with van der Waals surface area (Å²) < 4.78 is 7.59. The van der Waals surface area contributed by atoms with Crippen LogP contribution in [-0.4, -0.2) is 26.7 Å². The van der Waals surface area contributed by atoms with Crippen LogP contribution in [0, 0.1) is 6.92 Å². The van der Waals surface area contributed by atoms with Gasteiger partial charge in [-0.1, -0.05) is 30.7 Å². The molecule has 114 valence electrons. The number of unbranched alkanes of at least 4 members (excludes halogenated alkanes) is 1. The topological polar surface area (TPSA) is 60.2 Å². The fraction of sp³-hybridized carbons (Fsp3) is 0.500. The molecule has 0 saturated heterocycles. The number of aromatic nitrogens is 3. The molecule has 0 atom stereocenters. The molecule has 0 radical (unpaired) electrons. The Hall–Kier alpha value is -1.88. The zero-order chi connectivity index (χ0) is 15.1. The van der Waals surface area contributed by atoms with Crippen molar-refractivity contribution < 1.29 is 9.84 Å². The highest BCUT2D eigenvalue weighted by Gasteiger charge is 2.11. The van der Waals surface area contributed by atoms with Gasteiger partial charge in [0.05, 0.1) is 18.8 Å². The molecule has 2 aromatic rings. The molecule has 0 saturated carbocycles. The molecule has 2 rings (SSSR count). The molecule has 1 aromatic heterocycles. The third-order valence-electron chi connectivity index (χ3n) is 3.40. The van der Waals surface area contributed by atoms with Gasteiger partial charge in [-0.25, -0.2) is 4.68 Å². The van der Waals surface area contributed by atoms with Crippen LogP contribution in [0.15, 0.2) is 24.3 Å². The van der Waals surface area contributed by atoms with E-state index < -0.39 is 0 Å². The SMILES string of the molecule is CCCCc1c(CO)nnn1CCOc1cccc(C)c1. The molecule has 0 unspecified atom stereocenters. The summed E-state index contributed by atoms with van der Waals surface area (Å²) in [4.78, 5) is 0. The van der Waals surface area contributed by atoms with Crippen molar-refractivity contribution in [2.24, 2.45) is 0 Å². The highest BCUT2D eigenvalue weighted by atomic mass is 16.5. The van der Waals surface area contributed by atoms with E-state index >= 15 is 0 Å². The summed E-state index contributed by atoms with van der Waals surface area (Å²) in [5.74, 6) is 0.868. The summed E-state index contributed by atoms with van der Waals surface area (Å²) in [6.45, 7) is 5.31. The standard InChI is InChI=1S/C16H23N3O2/c1-3-4-8-16-15(12-20)17-18-19(16)9-10-21-14-7-5-6-13(2)11-14/h5-7,11,20H,3-4,8-10,12H2,1-2H3. The van der Waals surface area contributed by atoms with Gasteiger partial charge in [0.2, 0.25) is 0 Å². The number of aliphatic hydroxyl groups is 1. The lowest BCUT2D eigenvalue weighted by molar-refractivity contribution is 0.274. The molecule has 0 fully saturated rings. The summed E-state index contributed by atoms with van der Waals surface area (Å²) in [6, 6.07) is 7.99. The number of nitrogens with zero attached hydrogens (tertiary/aromatic N) is 3. The van der Waals surface area contributed by atoms with Crippen molar-refractivity contribution in [2.75, 3.05) is 6.61 Å². The van der Waals surface area contributed by atoms with Gasteiger partial charge in [0.15, 0.2) is 0 Å². The largest absolute Gasteiger partial charge is 0.492 e. The lowest BCUT2D eigenvalue weighted by Gasteiger charge is -2.09. The van der Waals surface area contributed by atoms with Crippen LogP contribution in [0.1, 0.15) is 36.7 Å². The van der Waals surface area contributed by atoms with Crippen molar-refractivity contribution in [1.29, 1.82) is 0 Å². The van der Waals surface area contributed by atoms with Gasteiger partial charge in [0.1, 0.15) is 18.1 Å². The highest BCUT2D eigenvalue weighted by Crippen LogP contribution is 2.13. The summed E-state index contributed by atoms with van der Waals surface area (Å²) >= 11 is 0. The van der Waals surface area contributed by atoms with Crippen molar-refractivity contribution >= 4 is 0 Å². The Bertz CT molecular complexity index is 566. The minimum absolute atomic E-state index is 0.0578. The van der Waals surface area contributed by atoms with Crippen LogP contribution >= 0.6 is 0 Å². The number of aryl methyl sites for hydroxylation is 1. The Kier molecular flexibility index (Phi) is 5.75. The summed E-state index contributed by atoms with van der Waals surface area (Å²) in [6.07, 6.45) is 3.07. The van der Waals surface area contributed by atoms with E-state index in [1.165, 1.54) is 5.56 Å². The lowest BCUT2D eigenvalue weighted by atomic mass is 10.1. The number of rotatable bonds is 8. The Morgan fingerprint density at radius 3 is 2.90 bits per heavy atom. The van der Waals surface area contributed by atoms with Crippen molar-refractivity contribution in [3.05, 3.63) is 41.2 Å². The number of ether oxygens (including phenoxy) is 1. The maximum Gasteiger partial charge on any atom is 0.119 e. The van der Waals surface area contributed by atoms with Crippen LogP contribution in [0.4, 0.5) is 0 Å². The molecule has 5 nitrogen and oxygen atoms in total. The molecule has 0 amide bonds. The Labute approximate surface area is 125 Å². The summed E-state index contributed by atoms with van der Waals surface area (Å²) in [5.41, 5.74) is 2.88. The van der Waals surface area contributed by atoms with Gasteiger partial charge in [0, 0.05) is 0 Å². The fourth-order valence-corrected chi connectivity index (χ4v) is 2.24. The molecule has 1 aromatic carbocycles. The first-order valence-electron chi connectivity index (χ1n) is 7.46. The van der Waals surface area contributed by atoms with Gasteiger partial charge >= 0.3 is 0 Å². The number of hydrogen-bond donors (Lipinski definition) is 1. The second kappa shape index (κ2) is 7.78. The van der Waals surface area contributed by atoms with E-state index in [4.69, 9.17) is 4.74 Å². The minimum Gasteiger partial charge on any atom is -0.492 e. The summed E-state index contributed by atoms with van der Waals surface area (Å²) in [5, 5.41) is 17.5. The monoisotopic (exact) mass is 289 g/mol. The molecule has 0 aliphatic rings. The zero-order valence-electron chi connectivity index (χ0n) is 12.7. The number of hydrogen-bond acceptors (Lipinski definition) is 4. The first-order valence-corrected chi connectivity index (χ1v) is 7.46. The van der Waals surface area contributed by atoms with Crippen LogP contribution in [0.3, 0.4) is 0 Å². The molecule has 1 N–H and O–H groups in total. The van der Waals surface area contributed by atoms with Gasteiger partial charge < -0.3 is 9.84 Å². The van der Waals surface area contributed by atoms with Gasteiger partial charge in [-0.2, -0.15) is 0 Å². The molecule has 1 heterocycles. The third-order valence-corrected chi connectivity index (χ3v) is 3.40. The normalized spacial score (nSPS) is 10.8. The van der Waals surface area contributed by atoms with Gasteiger partial charge in [0.25, 0.3) is 0 Å². The van der Waals surface area contributed by atoms with E-state index in [1.807, 2.05) is 35.9 Å². The smallest absolute Gasteiger partial charge is 0.119 e. The van der Waals surface area contributed by atoms with Crippen LogP contribution in [0.5, 0.6) is 5.75 Å². The average Bonchev–Trinajstić information content (AvgIpc) is 2.87. The molecule has 5 heteroatoms. The first kappa shape index (κ1) is 15.5. The molecular formula is C16H23N3O2. The van der Waals surface area contributed by atoms with E-state index in [9.17, 15) is 5.11 Å². The number of benzene rings is 1. The summed E-state index contributed by atoms with van der Waals surface area (Å²) in [7, 11) is 0. The first-order chi connectivity index (χ1) is 10.2. The molecule has 0 aliphatic heterocycles. The van der Waals surface area contributed by atoms with Crippen molar-refractivity contribution in [2.45, 2.75) is 46.3 Å². The Morgan fingerprint density at radius 2 is 2.19 bits per heavy atom. The van der Waals surface area contributed by atoms with Crippen molar-refractivity contribution in [1.82, 2.24) is 15.0 Å². The molecule has 0 aliphatic carbocycles. The van der Waals surface area contributed by atoms with E-state index in [2.05, 4.69) is 17.2 Å². The van der Waals surface area contributed by atoms with E-state index in [0.29, 0.717) is 18.8 Å². The maximum absolute atomic E-state index is 9.32. The lowest BCUT2D eigenvalue weighted by Crippen LogP contribution is -2.13. The van der Waals surface area contributed by atoms with E-state index in [0.717, 1.165) is 30.7 Å². The second-order valence-electron chi connectivity index (χ2n) is 5.13. The third kappa shape index (κ3) is 4.29. The quantitative estimate of drug-likeness (QED) is 0.811. The second-order valence-corrected chi connectivity index (χ2v) is 5.13. The molecule has 0 spiro atoms. The maximum atomic E-state index is 9.32. The van der Waals surface area contributed by atoms with E-state index in [1.54, 1.807) is 0 Å². The predicted molar refractivity (Wildman–Crippen MR) is 81.2 cm³/mol. The van der Waals surface area contributed by atoms with E-state index in [-0.39, 0.29) is 6.61 Å². The Balaban J connectivity index is 1.94. The van der Waals surface area contributed by atoms with Crippen LogP contribution < -0.4 is 4.74 Å². The zero-order valence-corrected chi connectivity index (χ0v) is 12.7. The molecule has 0 bridgehead atoms. The minimum atomic E-state index is -0.0578. The van der Waals surface area contributed by atoms with Crippen molar-refractivity contribution in [3.8, 4) is 5.75 Å².